The number of rotatable bonds is 3. The van der Waals surface area contributed by atoms with E-state index in [0.29, 0.717) is 47.9 Å². The molecule has 0 aliphatic carbocycles. The number of benzene rings is 2. The average molecular weight is 455 g/mol. The van der Waals surface area contributed by atoms with Gasteiger partial charge in [-0.3, -0.25) is 4.79 Å². The van der Waals surface area contributed by atoms with Crippen LogP contribution in [-0.2, 0) is 17.8 Å². The van der Waals surface area contributed by atoms with Crippen molar-refractivity contribution in [2.45, 2.75) is 13.1 Å². The summed E-state index contributed by atoms with van der Waals surface area (Å²) in [5, 5.41) is 1.03. The molecule has 0 saturated carbocycles. The van der Waals surface area contributed by atoms with Crippen molar-refractivity contribution < 1.29 is 9.53 Å². The van der Waals surface area contributed by atoms with Gasteiger partial charge in [0.2, 0.25) is 5.95 Å². The lowest BCUT2D eigenvalue weighted by atomic mass is 10.0. The zero-order valence-electron chi connectivity index (χ0n) is 16.7. The Kier molecular flexibility index (Phi) is 5.52. The molecule has 2 aliphatic rings. The molecule has 0 N–H and O–H groups in total. The molecule has 3 aromatic rings. The monoisotopic (exact) mass is 454 g/mol. The van der Waals surface area contributed by atoms with Gasteiger partial charge in [0.25, 0.3) is 5.91 Å². The Bertz CT molecular complexity index is 1130. The first-order valence-corrected chi connectivity index (χ1v) is 10.9. The van der Waals surface area contributed by atoms with E-state index in [9.17, 15) is 4.79 Å². The number of ether oxygens (including phenoxy) is 1. The summed E-state index contributed by atoms with van der Waals surface area (Å²) < 4.78 is 5.40. The number of nitrogens with zero attached hydrogens (tertiary/aromatic N) is 4. The van der Waals surface area contributed by atoms with Gasteiger partial charge in [0, 0.05) is 37.0 Å². The molecule has 2 aliphatic heterocycles. The Morgan fingerprint density at radius 2 is 1.68 bits per heavy atom. The minimum absolute atomic E-state index is 0.0217. The van der Waals surface area contributed by atoms with Crippen LogP contribution < -0.4 is 4.90 Å². The number of carbonyl (C=O) groups is 1. The normalized spacial score (nSPS) is 15.8. The quantitative estimate of drug-likeness (QED) is 0.585. The third kappa shape index (κ3) is 4.11. The van der Waals surface area contributed by atoms with Crippen molar-refractivity contribution in [3.8, 4) is 11.1 Å². The molecule has 8 heteroatoms. The highest BCUT2D eigenvalue weighted by Gasteiger charge is 2.27. The van der Waals surface area contributed by atoms with Gasteiger partial charge in [0.05, 0.1) is 35.5 Å². The van der Waals surface area contributed by atoms with Crippen LogP contribution in [0, 0.1) is 0 Å². The van der Waals surface area contributed by atoms with E-state index < -0.39 is 0 Å². The van der Waals surface area contributed by atoms with E-state index in [2.05, 4.69) is 9.88 Å². The van der Waals surface area contributed by atoms with Gasteiger partial charge < -0.3 is 14.5 Å². The molecule has 0 spiro atoms. The van der Waals surface area contributed by atoms with E-state index in [0.717, 1.165) is 35.5 Å². The van der Waals surface area contributed by atoms with Crippen molar-refractivity contribution in [2.24, 2.45) is 0 Å². The molecule has 0 bridgehead atoms. The van der Waals surface area contributed by atoms with Crippen molar-refractivity contribution in [2.75, 3.05) is 31.2 Å². The molecule has 6 nitrogen and oxygen atoms in total. The fourth-order valence-corrected chi connectivity index (χ4v) is 4.16. The molecule has 158 valence electrons. The summed E-state index contributed by atoms with van der Waals surface area (Å²) >= 11 is 12.1. The van der Waals surface area contributed by atoms with Crippen LogP contribution in [0.2, 0.25) is 10.0 Å². The maximum absolute atomic E-state index is 13.1. The summed E-state index contributed by atoms with van der Waals surface area (Å²) in [6.07, 6.45) is 1.84. The van der Waals surface area contributed by atoms with E-state index in [-0.39, 0.29) is 5.91 Å². The number of halogens is 2. The van der Waals surface area contributed by atoms with Crippen molar-refractivity contribution in [1.29, 1.82) is 0 Å². The Morgan fingerprint density at radius 3 is 2.42 bits per heavy atom. The molecule has 0 atom stereocenters. The molecule has 5 rings (SSSR count). The van der Waals surface area contributed by atoms with Gasteiger partial charge >= 0.3 is 0 Å². The molecule has 31 heavy (non-hydrogen) atoms. The highest BCUT2D eigenvalue weighted by Crippen LogP contribution is 2.29. The van der Waals surface area contributed by atoms with Gasteiger partial charge in [-0.15, -0.1) is 0 Å². The standard InChI is InChI=1S/C23H20Cl2N4O2/c24-19-6-5-17(11-20(19)25)15-1-3-16(4-2-15)22(30)29-13-18-12-26-23(27-21(18)14-29)28-7-9-31-10-8-28/h1-6,11-12H,7-10,13-14H2. The molecule has 0 unspecified atom stereocenters. The minimum Gasteiger partial charge on any atom is -0.378 e. The minimum atomic E-state index is -0.0217. The molecule has 1 amide bonds. The third-order valence-corrected chi connectivity index (χ3v) is 6.35. The summed E-state index contributed by atoms with van der Waals surface area (Å²) in [6.45, 7) is 3.94. The number of morpholine rings is 1. The lowest BCUT2D eigenvalue weighted by Crippen LogP contribution is -2.37. The first kappa shape index (κ1) is 20.2. The summed E-state index contributed by atoms with van der Waals surface area (Å²) in [4.78, 5) is 26.2. The van der Waals surface area contributed by atoms with Crippen LogP contribution >= 0.6 is 23.2 Å². The molecular weight excluding hydrogens is 435 g/mol. The van der Waals surface area contributed by atoms with Crippen LogP contribution in [0.5, 0.6) is 0 Å². The molecule has 1 saturated heterocycles. The van der Waals surface area contributed by atoms with E-state index >= 15 is 0 Å². The van der Waals surface area contributed by atoms with Crippen LogP contribution in [0.1, 0.15) is 21.6 Å². The Morgan fingerprint density at radius 1 is 0.935 bits per heavy atom. The van der Waals surface area contributed by atoms with Gasteiger partial charge in [-0.2, -0.15) is 0 Å². The van der Waals surface area contributed by atoms with Gasteiger partial charge in [0.1, 0.15) is 0 Å². The van der Waals surface area contributed by atoms with Crippen LogP contribution in [0.4, 0.5) is 5.95 Å². The highest BCUT2D eigenvalue weighted by atomic mass is 35.5. The maximum atomic E-state index is 13.1. The highest BCUT2D eigenvalue weighted by molar-refractivity contribution is 6.42. The smallest absolute Gasteiger partial charge is 0.254 e. The zero-order chi connectivity index (χ0) is 21.4. The molecule has 2 aromatic carbocycles. The fourth-order valence-electron chi connectivity index (χ4n) is 3.87. The maximum Gasteiger partial charge on any atom is 0.254 e. The van der Waals surface area contributed by atoms with Crippen molar-refractivity contribution >= 4 is 35.1 Å². The molecule has 1 aromatic heterocycles. The van der Waals surface area contributed by atoms with Crippen LogP contribution in [0.25, 0.3) is 11.1 Å². The van der Waals surface area contributed by atoms with Crippen molar-refractivity contribution in [3.05, 3.63) is 75.5 Å². The molecule has 0 radical (unpaired) electrons. The SMILES string of the molecule is O=C(c1ccc(-c2ccc(Cl)c(Cl)c2)cc1)N1Cc2cnc(N3CCOCC3)nc2C1. The predicted octanol–water partition coefficient (Wildman–Crippen LogP) is 4.44. The van der Waals surface area contributed by atoms with Gasteiger partial charge in [-0.1, -0.05) is 41.4 Å². The number of hydrogen-bond acceptors (Lipinski definition) is 5. The van der Waals surface area contributed by atoms with Crippen LogP contribution in [0.3, 0.4) is 0 Å². The summed E-state index contributed by atoms with van der Waals surface area (Å²) in [6, 6.07) is 13.0. The summed E-state index contributed by atoms with van der Waals surface area (Å²) in [5.74, 6) is 0.689. The number of anilines is 1. The third-order valence-electron chi connectivity index (χ3n) is 5.61. The second kappa shape index (κ2) is 8.46. The van der Waals surface area contributed by atoms with E-state index in [1.165, 1.54) is 0 Å². The Hall–Kier alpha value is -2.67. The van der Waals surface area contributed by atoms with Gasteiger partial charge in [-0.05, 0) is 35.4 Å². The topological polar surface area (TPSA) is 58.6 Å². The number of fused-ring (bicyclic) bond motifs is 1. The average Bonchev–Trinajstić information content (AvgIpc) is 3.24. The number of amides is 1. The predicted molar refractivity (Wildman–Crippen MR) is 121 cm³/mol. The Balaban J connectivity index is 1.30. The summed E-state index contributed by atoms with van der Waals surface area (Å²) in [7, 11) is 0. The first-order valence-electron chi connectivity index (χ1n) is 10.1. The fraction of sp³-hybridized carbons (Fsp3) is 0.261. The first-order chi connectivity index (χ1) is 15.1. The van der Waals surface area contributed by atoms with E-state index in [4.69, 9.17) is 32.9 Å². The van der Waals surface area contributed by atoms with Crippen LogP contribution in [0.15, 0.2) is 48.7 Å². The van der Waals surface area contributed by atoms with Crippen molar-refractivity contribution in [3.63, 3.8) is 0 Å². The lowest BCUT2D eigenvalue weighted by Gasteiger charge is -2.26. The van der Waals surface area contributed by atoms with Crippen molar-refractivity contribution in [1.82, 2.24) is 14.9 Å². The van der Waals surface area contributed by atoms with Gasteiger partial charge in [-0.25, -0.2) is 9.97 Å². The lowest BCUT2D eigenvalue weighted by molar-refractivity contribution is 0.0750. The largest absolute Gasteiger partial charge is 0.378 e. The number of hydrogen-bond donors (Lipinski definition) is 0. The second-order valence-corrected chi connectivity index (χ2v) is 8.42. The molecule has 3 heterocycles. The number of carbonyl (C=O) groups excluding carboxylic acids is 1. The van der Waals surface area contributed by atoms with Crippen LogP contribution in [-0.4, -0.2) is 47.1 Å². The zero-order valence-corrected chi connectivity index (χ0v) is 18.2. The van der Waals surface area contributed by atoms with E-state index in [1.807, 2.05) is 42.6 Å². The molecule has 1 fully saturated rings. The number of aromatic nitrogens is 2. The van der Waals surface area contributed by atoms with Gasteiger partial charge in [0.15, 0.2) is 0 Å². The Labute approximate surface area is 190 Å². The second-order valence-electron chi connectivity index (χ2n) is 7.61. The molecular formula is C23H20Cl2N4O2. The summed E-state index contributed by atoms with van der Waals surface area (Å²) in [5.41, 5.74) is 4.47. The van der Waals surface area contributed by atoms with E-state index in [1.54, 1.807) is 11.0 Å².